The first-order valence-corrected chi connectivity index (χ1v) is 13.4. The van der Waals surface area contributed by atoms with Crippen LogP contribution in [0.1, 0.15) is 11.1 Å². The van der Waals surface area contributed by atoms with Gasteiger partial charge in [0, 0.05) is 23.1 Å². The molecule has 0 atom stereocenters. The first-order valence-electron chi connectivity index (χ1n) is 10.4. The van der Waals surface area contributed by atoms with Crippen molar-refractivity contribution >= 4 is 45.0 Å². The Bertz CT molecular complexity index is 1260. The molecular formula is C24H22ClF3N2O3S2. The van der Waals surface area contributed by atoms with Crippen molar-refractivity contribution in [3.63, 3.8) is 0 Å². The van der Waals surface area contributed by atoms with Gasteiger partial charge in [-0.2, -0.15) is 24.9 Å². The van der Waals surface area contributed by atoms with Crippen LogP contribution in [0.5, 0.6) is 0 Å². The van der Waals surface area contributed by atoms with E-state index in [9.17, 15) is 26.4 Å². The van der Waals surface area contributed by atoms with Crippen molar-refractivity contribution in [2.45, 2.75) is 16.8 Å². The fraction of sp³-hybridized carbons (Fsp3) is 0.208. The van der Waals surface area contributed by atoms with Crippen molar-refractivity contribution in [1.29, 1.82) is 0 Å². The van der Waals surface area contributed by atoms with Crippen molar-refractivity contribution in [2.75, 3.05) is 23.1 Å². The van der Waals surface area contributed by atoms with E-state index in [1.54, 1.807) is 23.9 Å². The van der Waals surface area contributed by atoms with Gasteiger partial charge >= 0.3 is 6.18 Å². The van der Waals surface area contributed by atoms with E-state index in [1.807, 2.05) is 18.2 Å². The number of hydrogen-bond acceptors (Lipinski definition) is 4. The maximum Gasteiger partial charge on any atom is 0.416 e. The lowest BCUT2D eigenvalue weighted by Gasteiger charge is -2.25. The predicted octanol–water partition coefficient (Wildman–Crippen LogP) is 5.60. The molecule has 0 bridgehead atoms. The second-order valence-corrected chi connectivity index (χ2v) is 10.8. The number of anilines is 1. The number of carbonyl (C=O) groups is 1. The average Bonchev–Trinajstić information content (AvgIpc) is 2.82. The number of benzene rings is 3. The summed E-state index contributed by atoms with van der Waals surface area (Å²) in [5, 5.41) is 3.27. The Morgan fingerprint density at radius 1 is 0.971 bits per heavy atom. The van der Waals surface area contributed by atoms with E-state index in [4.69, 9.17) is 11.6 Å². The Hall–Kier alpha value is -2.69. The molecule has 0 unspecified atom stereocenters. The minimum Gasteiger partial charge on any atom is -0.354 e. The average molecular weight is 543 g/mol. The Morgan fingerprint density at radius 2 is 1.69 bits per heavy atom. The van der Waals surface area contributed by atoms with Crippen LogP contribution in [0.15, 0.2) is 83.8 Å². The summed E-state index contributed by atoms with van der Waals surface area (Å²) in [5.74, 6) is 0.591. The molecule has 0 spiro atoms. The van der Waals surface area contributed by atoms with Gasteiger partial charge in [-0.15, -0.1) is 0 Å². The standard InChI is InChI=1S/C24H22ClF3N2O3S2/c25-20-8-4-6-18(14-20)17-34-13-12-29-23(31)16-30(35(32,33)22-10-2-1-3-11-22)21-9-5-7-19(15-21)24(26,27)28/h1-11,14-15H,12-13,16-17H2,(H,29,31). The van der Waals surface area contributed by atoms with E-state index >= 15 is 0 Å². The molecule has 1 amide bonds. The highest BCUT2D eigenvalue weighted by atomic mass is 35.5. The summed E-state index contributed by atoms with van der Waals surface area (Å²) in [6.07, 6.45) is -4.67. The Balaban J connectivity index is 1.70. The molecule has 186 valence electrons. The lowest BCUT2D eigenvalue weighted by Crippen LogP contribution is -2.41. The lowest BCUT2D eigenvalue weighted by atomic mass is 10.2. The molecule has 0 aromatic heterocycles. The van der Waals surface area contributed by atoms with Gasteiger partial charge in [0.05, 0.1) is 16.1 Å². The molecule has 3 aromatic carbocycles. The molecule has 0 aliphatic rings. The monoisotopic (exact) mass is 542 g/mol. The summed E-state index contributed by atoms with van der Waals surface area (Å²) in [6.45, 7) is -0.413. The van der Waals surface area contributed by atoms with Gasteiger partial charge in [-0.05, 0) is 48.0 Å². The second kappa shape index (κ2) is 11.8. The molecule has 1 N–H and O–H groups in total. The highest BCUT2D eigenvalue weighted by molar-refractivity contribution is 7.98. The zero-order valence-corrected chi connectivity index (χ0v) is 20.7. The van der Waals surface area contributed by atoms with Crippen molar-refractivity contribution in [3.8, 4) is 0 Å². The van der Waals surface area contributed by atoms with Crippen LogP contribution in [-0.4, -0.2) is 33.2 Å². The summed E-state index contributed by atoms with van der Waals surface area (Å²) in [4.78, 5) is 12.5. The van der Waals surface area contributed by atoms with E-state index in [0.717, 1.165) is 17.7 Å². The molecule has 0 heterocycles. The Morgan fingerprint density at radius 3 is 2.37 bits per heavy atom. The zero-order chi connectivity index (χ0) is 25.5. The number of halogens is 4. The fourth-order valence-corrected chi connectivity index (χ4v) is 5.59. The topological polar surface area (TPSA) is 66.5 Å². The number of nitrogens with one attached hydrogen (secondary N) is 1. The second-order valence-electron chi connectivity index (χ2n) is 7.41. The number of rotatable bonds is 10. The highest BCUT2D eigenvalue weighted by Crippen LogP contribution is 2.33. The minimum absolute atomic E-state index is 0.137. The highest BCUT2D eigenvalue weighted by Gasteiger charge is 2.33. The number of alkyl halides is 3. The Kier molecular flexibility index (Phi) is 9.09. The third-order valence-corrected chi connectivity index (χ3v) is 7.86. The molecule has 0 saturated heterocycles. The first-order chi connectivity index (χ1) is 16.6. The van der Waals surface area contributed by atoms with E-state index in [-0.39, 0.29) is 17.1 Å². The molecule has 3 aromatic rings. The van der Waals surface area contributed by atoms with Crippen molar-refractivity contribution in [1.82, 2.24) is 5.32 Å². The van der Waals surface area contributed by atoms with E-state index in [1.165, 1.54) is 30.3 Å². The van der Waals surface area contributed by atoms with Gasteiger partial charge in [0.1, 0.15) is 6.54 Å². The number of carbonyl (C=O) groups excluding carboxylic acids is 1. The molecule has 0 aliphatic carbocycles. The number of sulfonamides is 1. The predicted molar refractivity (Wildman–Crippen MR) is 133 cm³/mol. The van der Waals surface area contributed by atoms with E-state index in [0.29, 0.717) is 26.9 Å². The number of nitrogens with zero attached hydrogens (tertiary/aromatic N) is 1. The minimum atomic E-state index is -4.67. The maximum absolute atomic E-state index is 13.2. The lowest BCUT2D eigenvalue weighted by molar-refractivity contribution is -0.137. The third-order valence-electron chi connectivity index (χ3n) is 4.81. The van der Waals surface area contributed by atoms with Gasteiger partial charge in [-0.3, -0.25) is 9.10 Å². The molecule has 0 fully saturated rings. The van der Waals surface area contributed by atoms with Crippen LogP contribution >= 0.6 is 23.4 Å². The smallest absolute Gasteiger partial charge is 0.354 e. The SMILES string of the molecule is O=C(CN(c1cccc(C(F)(F)F)c1)S(=O)(=O)c1ccccc1)NCCSCc1cccc(Cl)c1. The number of hydrogen-bond donors (Lipinski definition) is 1. The summed E-state index contributed by atoms with van der Waals surface area (Å²) in [5.41, 5.74) is -0.242. The van der Waals surface area contributed by atoms with Gasteiger partial charge < -0.3 is 5.32 Å². The molecule has 5 nitrogen and oxygen atoms in total. The van der Waals surface area contributed by atoms with Crippen LogP contribution in [0.25, 0.3) is 0 Å². The van der Waals surface area contributed by atoms with Gasteiger partial charge in [0.25, 0.3) is 10.0 Å². The molecule has 0 radical (unpaired) electrons. The molecule has 0 aliphatic heterocycles. The van der Waals surface area contributed by atoms with Gasteiger partial charge in [0.2, 0.25) is 5.91 Å². The third kappa shape index (κ3) is 7.65. The maximum atomic E-state index is 13.2. The number of thioether (sulfide) groups is 1. The fourth-order valence-electron chi connectivity index (χ4n) is 3.14. The molecule has 0 saturated carbocycles. The van der Waals surface area contributed by atoms with E-state index < -0.39 is 34.2 Å². The molecule has 35 heavy (non-hydrogen) atoms. The molecule has 11 heteroatoms. The summed E-state index contributed by atoms with van der Waals surface area (Å²) < 4.78 is 66.9. The Labute approximate surface area is 211 Å². The largest absolute Gasteiger partial charge is 0.416 e. The van der Waals surface area contributed by atoms with Crippen molar-refractivity contribution in [3.05, 3.63) is 95.0 Å². The van der Waals surface area contributed by atoms with Crippen LogP contribution in [0.4, 0.5) is 18.9 Å². The summed E-state index contributed by atoms with van der Waals surface area (Å²) in [7, 11) is -4.30. The molecule has 3 rings (SSSR count). The van der Waals surface area contributed by atoms with Gasteiger partial charge in [0.15, 0.2) is 0 Å². The van der Waals surface area contributed by atoms with Crippen molar-refractivity contribution < 1.29 is 26.4 Å². The van der Waals surface area contributed by atoms with E-state index in [2.05, 4.69) is 5.32 Å². The van der Waals surface area contributed by atoms with Crippen molar-refractivity contribution in [2.24, 2.45) is 0 Å². The molecular weight excluding hydrogens is 521 g/mol. The summed E-state index contributed by atoms with van der Waals surface area (Å²) >= 11 is 7.51. The normalized spacial score (nSPS) is 11.8. The van der Waals surface area contributed by atoms with Crippen LogP contribution in [0.3, 0.4) is 0 Å². The number of amides is 1. The van der Waals surface area contributed by atoms with Crippen LogP contribution in [-0.2, 0) is 26.7 Å². The van der Waals surface area contributed by atoms with Crippen LogP contribution in [0.2, 0.25) is 5.02 Å². The van der Waals surface area contributed by atoms with Crippen LogP contribution < -0.4 is 9.62 Å². The quantitative estimate of drug-likeness (QED) is 0.338. The van der Waals surface area contributed by atoms with Gasteiger partial charge in [-0.25, -0.2) is 8.42 Å². The van der Waals surface area contributed by atoms with Gasteiger partial charge in [-0.1, -0.05) is 48.0 Å². The van der Waals surface area contributed by atoms with Crippen LogP contribution in [0, 0.1) is 0 Å². The summed E-state index contributed by atoms with van der Waals surface area (Å²) in [6, 6.07) is 18.5. The first kappa shape index (κ1) is 26.9. The zero-order valence-electron chi connectivity index (χ0n) is 18.3.